The summed E-state index contributed by atoms with van der Waals surface area (Å²) in [6, 6.07) is 10.7. The van der Waals surface area contributed by atoms with Crippen molar-refractivity contribution in [2.24, 2.45) is 5.92 Å². The highest BCUT2D eigenvalue weighted by Gasteiger charge is 2.42. The number of phenols is 1. The van der Waals surface area contributed by atoms with Crippen molar-refractivity contribution in [1.82, 2.24) is 5.32 Å². The summed E-state index contributed by atoms with van der Waals surface area (Å²) in [6.07, 6.45) is 0.853. The number of methoxy groups -OCH3 is 2. The molecule has 0 amide bonds. The zero-order chi connectivity index (χ0) is 28.3. The van der Waals surface area contributed by atoms with Gasteiger partial charge in [0.2, 0.25) is 0 Å². The number of esters is 1. The molecule has 0 aromatic heterocycles. The number of hydrogen-bond donors (Lipinski definition) is 2. The monoisotopic (exact) mass is 535 g/mol. The van der Waals surface area contributed by atoms with E-state index in [4.69, 9.17) is 18.9 Å². The number of phenolic OH excluding ortho intramolecular Hbond substituents is 1. The first-order chi connectivity index (χ1) is 18.7. The lowest BCUT2D eigenvalue weighted by Crippen LogP contribution is -2.36. The van der Waals surface area contributed by atoms with Crippen LogP contribution >= 0.6 is 0 Å². The lowest BCUT2D eigenvalue weighted by atomic mass is 9.71. The Kier molecular flexibility index (Phi) is 8.53. The van der Waals surface area contributed by atoms with Crippen molar-refractivity contribution in [2.75, 3.05) is 27.4 Å². The predicted octanol–water partition coefficient (Wildman–Crippen LogP) is 5.37. The van der Waals surface area contributed by atoms with E-state index in [1.54, 1.807) is 26.4 Å². The fraction of sp³-hybridized carbons (Fsp3) is 0.419. The molecule has 1 aliphatic carbocycles. The molecule has 2 atom stereocenters. The first-order valence-corrected chi connectivity index (χ1v) is 13.3. The highest BCUT2D eigenvalue weighted by Crippen LogP contribution is 2.47. The van der Waals surface area contributed by atoms with Crippen LogP contribution < -0.4 is 19.5 Å². The largest absolute Gasteiger partial charge is 0.504 e. The first kappa shape index (κ1) is 28.1. The summed E-state index contributed by atoms with van der Waals surface area (Å²) in [4.78, 5) is 27.3. The molecular weight excluding hydrogens is 498 g/mol. The molecule has 0 spiro atoms. The number of nitrogens with one attached hydrogen (secondary N) is 1. The molecule has 0 fully saturated rings. The average Bonchev–Trinajstić information content (AvgIpc) is 2.91. The molecule has 39 heavy (non-hydrogen) atoms. The molecule has 0 saturated carbocycles. The van der Waals surface area contributed by atoms with E-state index >= 15 is 0 Å². The van der Waals surface area contributed by atoms with E-state index in [-0.39, 0.29) is 36.4 Å². The van der Waals surface area contributed by atoms with E-state index in [1.165, 1.54) is 6.07 Å². The number of Topliss-reactive ketones (excluding diaryl/α,β-unsaturated/α-hetero) is 1. The molecule has 2 aromatic rings. The third kappa shape index (κ3) is 5.75. The van der Waals surface area contributed by atoms with Crippen LogP contribution in [0.3, 0.4) is 0 Å². The fourth-order valence-corrected chi connectivity index (χ4v) is 5.29. The third-order valence-corrected chi connectivity index (χ3v) is 7.09. The van der Waals surface area contributed by atoms with Crippen molar-refractivity contribution in [1.29, 1.82) is 0 Å². The molecule has 0 bridgehead atoms. The summed E-state index contributed by atoms with van der Waals surface area (Å²) in [7, 11) is 3.17. The van der Waals surface area contributed by atoms with Crippen molar-refractivity contribution < 1.29 is 33.6 Å². The van der Waals surface area contributed by atoms with E-state index in [9.17, 15) is 14.7 Å². The summed E-state index contributed by atoms with van der Waals surface area (Å²) < 4.78 is 22.1. The summed E-state index contributed by atoms with van der Waals surface area (Å²) in [6.45, 7) is 8.23. The van der Waals surface area contributed by atoms with Crippen LogP contribution in [-0.2, 0) is 14.3 Å². The molecule has 208 valence electrons. The van der Waals surface area contributed by atoms with Gasteiger partial charge >= 0.3 is 5.97 Å². The van der Waals surface area contributed by atoms with E-state index in [0.29, 0.717) is 52.7 Å². The Bertz CT molecular complexity index is 1320. The summed E-state index contributed by atoms with van der Waals surface area (Å²) >= 11 is 0. The molecule has 4 rings (SSSR count). The minimum absolute atomic E-state index is 0.00291. The maximum absolute atomic E-state index is 13.9. The lowest BCUT2D eigenvalue weighted by molar-refractivity contribution is -0.140. The van der Waals surface area contributed by atoms with Gasteiger partial charge in [-0.3, -0.25) is 4.79 Å². The molecule has 0 unspecified atom stereocenters. The van der Waals surface area contributed by atoms with Crippen molar-refractivity contribution in [3.63, 3.8) is 0 Å². The van der Waals surface area contributed by atoms with Crippen LogP contribution in [0, 0.1) is 5.92 Å². The van der Waals surface area contributed by atoms with E-state index < -0.39 is 11.9 Å². The zero-order valence-electron chi connectivity index (χ0n) is 23.4. The maximum atomic E-state index is 13.9. The highest BCUT2D eigenvalue weighted by atomic mass is 16.5. The number of benzene rings is 2. The zero-order valence-corrected chi connectivity index (χ0v) is 23.4. The Balaban J connectivity index is 1.79. The van der Waals surface area contributed by atoms with Gasteiger partial charge in [-0.1, -0.05) is 26.0 Å². The maximum Gasteiger partial charge on any atom is 0.336 e. The predicted molar refractivity (Wildman–Crippen MR) is 147 cm³/mol. The summed E-state index contributed by atoms with van der Waals surface area (Å²) in [5.41, 5.74) is 4.00. The molecule has 2 aliphatic rings. The number of ketones is 1. The van der Waals surface area contributed by atoms with Crippen LogP contribution in [0.25, 0.3) is 0 Å². The number of dihydropyridines is 1. The van der Waals surface area contributed by atoms with Gasteiger partial charge in [0.1, 0.15) is 0 Å². The van der Waals surface area contributed by atoms with Crippen molar-refractivity contribution in [2.45, 2.75) is 52.4 Å². The van der Waals surface area contributed by atoms with Crippen molar-refractivity contribution in [3.8, 4) is 23.0 Å². The Labute approximate surface area is 229 Å². The van der Waals surface area contributed by atoms with Gasteiger partial charge in [-0.05, 0) is 67.5 Å². The van der Waals surface area contributed by atoms with Gasteiger partial charge in [-0.25, -0.2) is 4.79 Å². The number of aromatic hydroxyl groups is 1. The molecule has 0 radical (unpaired) electrons. The first-order valence-electron chi connectivity index (χ1n) is 13.3. The second-order valence-corrected chi connectivity index (χ2v) is 10.3. The highest BCUT2D eigenvalue weighted by molar-refractivity contribution is 6.04. The minimum atomic E-state index is -0.653. The van der Waals surface area contributed by atoms with E-state index in [2.05, 4.69) is 5.32 Å². The van der Waals surface area contributed by atoms with Crippen LogP contribution in [0.15, 0.2) is 58.9 Å². The number of allylic oxidation sites excluding steroid dienone is 3. The van der Waals surface area contributed by atoms with Crippen molar-refractivity contribution >= 4 is 11.8 Å². The summed E-state index contributed by atoms with van der Waals surface area (Å²) in [5, 5.41) is 13.7. The minimum Gasteiger partial charge on any atom is -0.504 e. The van der Waals surface area contributed by atoms with Crippen LogP contribution in [0.4, 0.5) is 0 Å². The average molecular weight is 536 g/mol. The topological polar surface area (TPSA) is 103 Å². The molecular formula is C31H37NO7. The Hall–Kier alpha value is -3.94. The van der Waals surface area contributed by atoms with Gasteiger partial charge in [0, 0.05) is 29.3 Å². The second kappa shape index (κ2) is 11.8. The van der Waals surface area contributed by atoms with Crippen molar-refractivity contribution in [3.05, 3.63) is 70.1 Å². The summed E-state index contributed by atoms with van der Waals surface area (Å²) in [5.74, 6) is 0.440. The number of carbonyl (C=O) groups excluding carboxylic acids is 2. The number of ether oxygens (including phenoxy) is 4. The van der Waals surface area contributed by atoms with E-state index in [1.807, 2.05) is 45.9 Å². The molecule has 1 aliphatic heterocycles. The van der Waals surface area contributed by atoms with Crippen LogP contribution in [0.2, 0.25) is 0 Å². The van der Waals surface area contributed by atoms with Gasteiger partial charge < -0.3 is 29.4 Å². The second-order valence-electron chi connectivity index (χ2n) is 10.3. The van der Waals surface area contributed by atoms with Gasteiger partial charge in [0.25, 0.3) is 0 Å². The van der Waals surface area contributed by atoms with Crippen LogP contribution in [0.5, 0.6) is 23.0 Å². The smallest absolute Gasteiger partial charge is 0.336 e. The normalized spacial score (nSPS) is 19.0. The molecule has 2 N–H and O–H groups in total. The van der Waals surface area contributed by atoms with E-state index in [0.717, 1.165) is 11.3 Å². The number of rotatable bonds is 9. The lowest BCUT2D eigenvalue weighted by Gasteiger charge is -2.37. The molecule has 8 heteroatoms. The van der Waals surface area contributed by atoms with Gasteiger partial charge in [-0.15, -0.1) is 0 Å². The molecule has 2 aromatic carbocycles. The third-order valence-electron chi connectivity index (χ3n) is 7.09. The Morgan fingerprint density at radius 2 is 1.72 bits per heavy atom. The molecule has 1 heterocycles. The van der Waals surface area contributed by atoms with Crippen LogP contribution in [0.1, 0.15) is 63.5 Å². The molecule has 8 nitrogen and oxygen atoms in total. The number of carbonyl (C=O) groups is 2. The Morgan fingerprint density at radius 3 is 2.38 bits per heavy atom. The molecule has 0 saturated heterocycles. The fourth-order valence-electron chi connectivity index (χ4n) is 5.29. The quantitative estimate of drug-likeness (QED) is 0.413. The Morgan fingerprint density at radius 1 is 1.03 bits per heavy atom. The van der Waals surface area contributed by atoms with Crippen LogP contribution in [-0.4, -0.2) is 44.3 Å². The van der Waals surface area contributed by atoms with Gasteiger partial charge in [0.05, 0.1) is 33.0 Å². The number of hydrogen-bond acceptors (Lipinski definition) is 8. The van der Waals surface area contributed by atoms with Gasteiger partial charge in [0.15, 0.2) is 28.8 Å². The SMILES string of the molecule is CCOc1cc([C@@H]2C(C(=O)OCC(C)C)=C(C)NC3=C2C(=O)C[C@@H](c2ccc(OC)c(OC)c2)C3)ccc1O. The standard InChI is InChI=1S/C31H37NO7/c1-7-38-26-15-20(8-10-23(26)33)29-28(31(35)39-16-17(2)3)18(4)32-22-12-21(13-24(34)30(22)29)19-9-11-25(36-5)27(14-19)37-6/h8-11,14-15,17,21,29,32-33H,7,12-13,16H2,1-6H3/t21-,29+/m0/s1. The van der Waals surface area contributed by atoms with Gasteiger partial charge in [-0.2, -0.15) is 0 Å².